The summed E-state index contributed by atoms with van der Waals surface area (Å²) in [6.45, 7) is 1.48. The average molecular weight is 287 g/mol. The van der Waals surface area contributed by atoms with Gasteiger partial charge in [0.15, 0.2) is 0 Å². The van der Waals surface area contributed by atoms with Crippen LogP contribution in [0.2, 0.25) is 0 Å². The number of aromatic amines is 1. The summed E-state index contributed by atoms with van der Waals surface area (Å²) in [6.07, 6.45) is 3.25. The lowest BCUT2D eigenvalue weighted by atomic mass is 10.1. The number of hydrogen-bond acceptors (Lipinski definition) is 3. The molecule has 0 aliphatic heterocycles. The zero-order valence-corrected chi connectivity index (χ0v) is 11.4. The second-order valence-corrected chi connectivity index (χ2v) is 4.38. The quantitative estimate of drug-likeness (QED) is 0.746. The van der Waals surface area contributed by atoms with Crippen LogP contribution in [0.3, 0.4) is 0 Å². The highest BCUT2D eigenvalue weighted by Gasteiger charge is 2.15. The summed E-state index contributed by atoms with van der Waals surface area (Å²) in [7, 11) is 0. The molecule has 21 heavy (non-hydrogen) atoms. The molecule has 0 aliphatic rings. The van der Waals surface area contributed by atoms with E-state index in [1.165, 1.54) is 18.2 Å². The van der Waals surface area contributed by atoms with Crippen molar-refractivity contribution in [2.75, 3.05) is 6.61 Å². The second kappa shape index (κ2) is 6.68. The average Bonchev–Trinajstić information content (AvgIpc) is 2.99. The van der Waals surface area contributed by atoms with E-state index < -0.39 is 11.7 Å². The van der Waals surface area contributed by atoms with Gasteiger partial charge in [0, 0.05) is 17.3 Å². The zero-order chi connectivity index (χ0) is 15.2. The van der Waals surface area contributed by atoms with Crippen LogP contribution >= 0.6 is 0 Å². The smallest absolute Gasteiger partial charge is 0.254 e. The first-order chi connectivity index (χ1) is 10.1. The van der Waals surface area contributed by atoms with E-state index >= 15 is 0 Å². The van der Waals surface area contributed by atoms with Crippen molar-refractivity contribution in [3.8, 4) is 11.8 Å². The Labute approximate surface area is 121 Å². The normalized spacial score (nSPS) is 11.4. The number of halogens is 1. The van der Waals surface area contributed by atoms with E-state index in [-0.39, 0.29) is 18.2 Å². The van der Waals surface area contributed by atoms with E-state index in [9.17, 15) is 9.18 Å². The maximum absolute atomic E-state index is 13.9. The molecule has 3 N–H and O–H groups in total. The van der Waals surface area contributed by atoms with Crippen LogP contribution in [0.4, 0.5) is 4.39 Å². The first kappa shape index (κ1) is 14.8. The highest BCUT2D eigenvalue weighted by Crippen LogP contribution is 2.14. The van der Waals surface area contributed by atoms with Crippen molar-refractivity contribution in [1.82, 2.24) is 15.5 Å². The minimum Gasteiger partial charge on any atom is -0.384 e. The number of aromatic nitrogens is 2. The van der Waals surface area contributed by atoms with Gasteiger partial charge in [-0.3, -0.25) is 9.89 Å². The van der Waals surface area contributed by atoms with Crippen LogP contribution in [0.25, 0.3) is 0 Å². The van der Waals surface area contributed by atoms with Crippen molar-refractivity contribution in [2.24, 2.45) is 0 Å². The van der Waals surface area contributed by atoms with Crippen LogP contribution in [0.15, 0.2) is 30.6 Å². The van der Waals surface area contributed by atoms with E-state index in [1.807, 2.05) is 0 Å². The predicted molar refractivity (Wildman–Crippen MR) is 74.8 cm³/mol. The Kier molecular flexibility index (Phi) is 4.69. The van der Waals surface area contributed by atoms with E-state index in [0.29, 0.717) is 5.56 Å². The fourth-order valence-electron chi connectivity index (χ4n) is 1.77. The lowest BCUT2D eigenvalue weighted by Gasteiger charge is -2.12. The van der Waals surface area contributed by atoms with Gasteiger partial charge in [-0.15, -0.1) is 0 Å². The third-order valence-corrected chi connectivity index (χ3v) is 2.89. The number of benzene rings is 1. The van der Waals surface area contributed by atoms with Gasteiger partial charge in [-0.25, -0.2) is 4.39 Å². The maximum Gasteiger partial charge on any atom is 0.254 e. The van der Waals surface area contributed by atoms with Crippen LogP contribution in [0.5, 0.6) is 0 Å². The van der Waals surface area contributed by atoms with Crippen LogP contribution in [0, 0.1) is 17.7 Å². The first-order valence-corrected chi connectivity index (χ1v) is 6.30. The summed E-state index contributed by atoms with van der Waals surface area (Å²) < 4.78 is 13.9. The molecule has 0 fully saturated rings. The minimum absolute atomic E-state index is 0.0557. The van der Waals surface area contributed by atoms with E-state index in [1.54, 1.807) is 19.3 Å². The molecule has 2 rings (SSSR count). The Hall–Kier alpha value is -2.65. The number of nitrogens with one attached hydrogen (secondary N) is 2. The summed E-state index contributed by atoms with van der Waals surface area (Å²) in [5.74, 6) is 3.83. The van der Waals surface area contributed by atoms with Crippen LogP contribution in [-0.2, 0) is 0 Å². The summed E-state index contributed by atoms with van der Waals surface area (Å²) in [4.78, 5) is 12.0. The fourth-order valence-corrected chi connectivity index (χ4v) is 1.77. The molecular weight excluding hydrogens is 273 g/mol. The standard InChI is InChI=1S/C15H14FN3O2/c1-10(12-8-17-18-9-12)19-15(21)13-5-4-11(3-2-6-20)7-14(13)16/h4-5,7-10,20H,6H2,1H3,(H,17,18)(H,19,21). The molecule has 0 radical (unpaired) electrons. The molecule has 0 saturated heterocycles. The van der Waals surface area contributed by atoms with Gasteiger partial charge in [-0.1, -0.05) is 11.8 Å². The molecule has 0 saturated carbocycles. The number of rotatable bonds is 3. The summed E-state index contributed by atoms with van der Waals surface area (Å²) in [5.41, 5.74) is 1.15. The topological polar surface area (TPSA) is 78.0 Å². The lowest BCUT2D eigenvalue weighted by molar-refractivity contribution is 0.0936. The van der Waals surface area contributed by atoms with Gasteiger partial charge in [-0.05, 0) is 25.1 Å². The number of aliphatic hydroxyl groups excluding tert-OH is 1. The molecule has 1 unspecified atom stereocenters. The van der Waals surface area contributed by atoms with Crippen molar-refractivity contribution in [1.29, 1.82) is 0 Å². The third kappa shape index (κ3) is 3.68. The molecule has 1 amide bonds. The molecule has 1 aromatic heterocycles. The Balaban J connectivity index is 2.12. The Morgan fingerprint density at radius 1 is 1.57 bits per heavy atom. The summed E-state index contributed by atoms with van der Waals surface area (Å²) in [6, 6.07) is 3.78. The number of aliphatic hydroxyl groups is 1. The number of amides is 1. The van der Waals surface area contributed by atoms with Crippen molar-refractivity contribution >= 4 is 5.91 Å². The number of carbonyl (C=O) groups excluding carboxylic acids is 1. The maximum atomic E-state index is 13.9. The molecule has 6 heteroatoms. The summed E-state index contributed by atoms with van der Waals surface area (Å²) >= 11 is 0. The molecule has 0 spiro atoms. The molecule has 0 aliphatic carbocycles. The Morgan fingerprint density at radius 2 is 2.38 bits per heavy atom. The molecule has 5 nitrogen and oxygen atoms in total. The molecule has 1 heterocycles. The third-order valence-electron chi connectivity index (χ3n) is 2.89. The number of nitrogens with zero attached hydrogens (tertiary/aromatic N) is 1. The van der Waals surface area contributed by atoms with Gasteiger partial charge in [0.1, 0.15) is 12.4 Å². The first-order valence-electron chi connectivity index (χ1n) is 6.30. The molecule has 108 valence electrons. The molecule has 1 atom stereocenters. The molecule has 2 aromatic rings. The van der Waals surface area contributed by atoms with Crippen LogP contribution in [-0.4, -0.2) is 27.8 Å². The number of H-pyrrole nitrogens is 1. The van der Waals surface area contributed by atoms with E-state index in [2.05, 4.69) is 27.4 Å². The SMILES string of the molecule is CC(NC(=O)c1ccc(C#CCO)cc1F)c1cn[nH]c1. The van der Waals surface area contributed by atoms with E-state index in [0.717, 1.165) is 5.56 Å². The second-order valence-electron chi connectivity index (χ2n) is 4.38. The van der Waals surface area contributed by atoms with Gasteiger partial charge < -0.3 is 10.4 Å². The number of carbonyl (C=O) groups is 1. The Bertz CT molecular complexity index is 687. The zero-order valence-electron chi connectivity index (χ0n) is 11.4. The lowest BCUT2D eigenvalue weighted by Crippen LogP contribution is -2.27. The van der Waals surface area contributed by atoms with Gasteiger partial charge in [-0.2, -0.15) is 5.10 Å². The van der Waals surface area contributed by atoms with Gasteiger partial charge in [0.25, 0.3) is 5.91 Å². The minimum atomic E-state index is -0.656. The highest BCUT2D eigenvalue weighted by molar-refractivity contribution is 5.94. The van der Waals surface area contributed by atoms with Crippen molar-refractivity contribution in [2.45, 2.75) is 13.0 Å². The monoisotopic (exact) mass is 287 g/mol. The molecule has 0 bridgehead atoms. The van der Waals surface area contributed by atoms with Gasteiger partial charge in [0.2, 0.25) is 0 Å². The Morgan fingerprint density at radius 3 is 3.00 bits per heavy atom. The van der Waals surface area contributed by atoms with Gasteiger partial charge >= 0.3 is 0 Å². The van der Waals surface area contributed by atoms with Crippen LogP contribution in [0.1, 0.15) is 34.5 Å². The van der Waals surface area contributed by atoms with Crippen molar-refractivity contribution in [3.63, 3.8) is 0 Å². The summed E-state index contributed by atoms with van der Waals surface area (Å²) in [5, 5.41) is 17.7. The van der Waals surface area contributed by atoms with Crippen LogP contribution < -0.4 is 5.32 Å². The van der Waals surface area contributed by atoms with Crippen molar-refractivity contribution in [3.05, 3.63) is 53.1 Å². The van der Waals surface area contributed by atoms with Crippen molar-refractivity contribution < 1.29 is 14.3 Å². The predicted octanol–water partition coefficient (Wildman–Crippen LogP) is 1.38. The molecular formula is C15H14FN3O2. The fraction of sp³-hybridized carbons (Fsp3) is 0.200. The largest absolute Gasteiger partial charge is 0.384 e. The van der Waals surface area contributed by atoms with E-state index in [4.69, 9.17) is 5.11 Å². The molecule has 1 aromatic carbocycles. The number of hydrogen-bond donors (Lipinski definition) is 3. The van der Waals surface area contributed by atoms with Gasteiger partial charge in [0.05, 0.1) is 17.8 Å². The highest BCUT2D eigenvalue weighted by atomic mass is 19.1.